The maximum atomic E-state index is 10.8. The topological polar surface area (TPSA) is 56.0 Å². The largest absolute Gasteiger partial charge is 0.302 e. The minimum absolute atomic E-state index is 0.0211. The van der Waals surface area contributed by atoms with Crippen LogP contribution < -0.4 is 0 Å². The van der Waals surface area contributed by atoms with Gasteiger partial charge in [-0.05, 0) is 27.4 Å². The molecule has 0 spiro atoms. The van der Waals surface area contributed by atoms with Crippen LogP contribution in [-0.2, 0) is 0 Å². The van der Waals surface area contributed by atoms with Gasteiger partial charge in [-0.25, -0.2) is 4.98 Å². The summed E-state index contributed by atoms with van der Waals surface area (Å²) >= 11 is 6.00. The standard InChI is InChI=1S/C9H5BrN2O2S2/c10-6-4-7(12(13)14)9(11-5-6)16-8-2-1-3-15-8/h1-5H. The molecule has 0 aliphatic heterocycles. The summed E-state index contributed by atoms with van der Waals surface area (Å²) in [5.74, 6) is 0. The first kappa shape index (κ1) is 11.6. The fraction of sp³-hybridized carbons (Fsp3) is 0. The van der Waals surface area contributed by atoms with Gasteiger partial charge in [0.1, 0.15) is 0 Å². The number of nitrogens with zero attached hydrogens (tertiary/aromatic N) is 2. The zero-order valence-corrected chi connectivity index (χ0v) is 11.0. The van der Waals surface area contributed by atoms with E-state index in [1.807, 2.05) is 17.5 Å². The van der Waals surface area contributed by atoms with Crippen molar-refractivity contribution < 1.29 is 4.92 Å². The molecule has 7 heteroatoms. The van der Waals surface area contributed by atoms with E-state index in [-0.39, 0.29) is 5.69 Å². The first-order valence-corrected chi connectivity index (χ1v) is 6.67. The molecule has 4 nitrogen and oxygen atoms in total. The van der Waals surface area contributed by atoms with Gasteiger partial charge in [0.15, 0.2) is 5.03 Å². The molecule has 0 radical (unpaired) electrons. The zero-order chi connectivity index (χ0) is 11.5. The van der Waals surface area contributed by atoms with E-state index in [0.717, 1.165) is 4.21 Å². The Morgan fingerprint density at radius 2 is 2.38 bits per heavy atom. The lowest BCUT2D eigenvalue weighted by Gasteiger charge is -2.00. The highest BCUT2D eigenvalue weighted by Crippen LogP contribution is 2.36. The monoisotopic (exact) mass is 316 g/mol. The minimum Gasteiger partial charge on any atom is -0.258 e. The van der Waals surface area contributed by atoms with E-state index in [1.165, 1.54) is 29.2 Å². The lowest BCUT2D eigenvalue weighted by atomic mass is 10.4. The van der Waals surface area contributed by atoms with Crippen molar-refractivity contribution in [1.29, 1.82) is 0 Å². The fourth-order valence-corrected chi connectivity index (χ4v) is 3.09. The molecule has 0 saturated heterocycles. The molecule has 82 valence electrons. The molecule has 2 aromatic rings. The molecule has 0 aliphatic carbocycles. The van der Waals surface area contributed by atoms with Gasteiger partial charge >= 0.3 is 5.69 Å². The Bertz CT molecular complexity index is 516. The Hall–Kier alpha value is -0.920. The number of thiophene rings is 1. The predicted molar refractivity (Wildman–Crippen MR) is 67.0 cm³/mol. The number of rotatable bonds is 3. The zero-order valence-electron chi connectivity index (χ0n) is 7.79. The third-order valence-corrected chi connectivity index (χ3v) is 4.17. The number of aromatic nitrogens is 1. The summed E-state index contributed by atoms with van der Waals surface area (Å²) in [5.41, 5.74) is 0.0211. The van der Waals surface area contributed by atoms with Crippen molar-refractivity contribution in [2.75, 3.05) is 0 Å². The van der Waals surface area contributed by atoms with Crippen LogP contribution in [0, 0.1) is 10.1 Å². The molecule has 0 saturated carbocycles. The fourth-order valence-electron chi connectivity index (χ4n) is 1.04. The molecule has 2 rings (SSSR count). The number of hydrogen-bond donors (Lipinski definition) is 0. The van der Waals surface area contributed by atoms with Gasteiger partial charge < -0.3 is 0 Å². The van der Waals surface area contributed by atoms with Crippen LogP contribution in [0.1, 0.15) is 0 Å². The second kappa shape index (κ2) is 4.94. The average Bonchev–Trinajstić information content (AvgIpc) is 2.73. The molecule has 2 heterocycles. The molecule has 0 unspecified atom stereocenters. The van der Waals surface area contributed by atoms with E-state index >= 15 is 0 Å². The smallest absolute Gasteiger partial charge is 0.258 e. The lowest BCUT2D eigenvalue weighted by molar-refractivity contribution is -0.388. The summed E-state index contributed by atoms with van der Waals surface area (Å²) in [6.07, 6.45) is 1.56. The number of nitro groups is 1. The predicted octanol–water partition coefficient (Wildman–Crippen LogP) is 3.97. The summed E-state index contributed by atoms with van der Waals surface area (Å²) in [5, 5.41) is 13.2. The van der Waals surface area contributed by atoms with Crippen molar-refractivity contribution in [3.8, 4) is 0 Å². The van der Waals surface area contributed by atoms with Crippen molar-refractivity contribution in [2.45, 2.75) is 9.24 Å². The first-order chi connectivity index (χ1) is 7.66. The van der Waals surface area contributed by atoms with E-state index in [1.54, 1.807) is 6.20 Å². The van der Waals surface area contributed by atoms with Crippen LogP contribution in [0.2, 0.25) is 0 Å². The number of hydrogen-bond acceptors (Lipinski definition) is 5. The van der Waals surface area contributed by atoms with Crippen LogP contribution in [-0.4, -0.2) is 9.91 Å². The molecule has 16 heavy (non-hydrogen) atoms. The normalized spacial score (nSPS) is 10.3. The molecule has 2 aromatic heterocycles. The van der Waals surface area contributed by atoms with Gasteiger partial charge in [-0.3, -0.25) is 10.1 Å². The van der Waals surface area contributed by atoms with Crippen LogP contribution >= 0.6 is 39.0 Å². The van der Waals surface area contributed by atoms with Gasteiger partial charge in [0, 0.05) is 16.7 Å². The first-order valence-electron chi connectivity index (χ1n) is 4.18. The van der Waals surface area contributed by atoms with Crippen LogP contribution in [0.4, 0.5) is 5.69 Å². The van der Waals surface area contributed by atoms with Gasteiger partial charge in [0.2, 0.25) is 0 Å². The molecule has 0 aliphatic rings. The van der Waals surface area contributed by atoms with Crippen molar-refractivity contribution in [2.24, 2.45) is 0 Å². The summed E-state index contributed by atoms with van der Waals surface area (Å²) in [7, 11) is 0. The Kier molecular flexibility index (Phi) is 3.57. The van der Waals surface area contributed by atoms with Gasteiger partial charge in [0.25, 0.3) is 0 Å². The second-order valence-electron chi connectivity index (χ2n) is 2.77. The Morgan fingerprint density at radius 3 is 3.00 bits per heavy atom. The molecule has 0 bridgehead atoms. The maximum absolute atomic E-state index is 10.8. The summed E-state index contributed by atoms with van der Waals surface area (Å²) < 4.78 is 1.59. The van der Waals surface area contributed by atoms with E-state index in [2.05, 4.69) is 20.9 Å². The number of halogens is 1. The molecule has 0 fully saturated rings. The lowest BCUT2D eigenvalue weighted by Crippen LogP contribution is -1.92. The molecule has 0 aromatic carbocycles. The maximum Gasteiger partial charge on any atom is 0.302 e. The highest BCUT2D eigenvalue weighted by atomic mass is 79.9. The molecular formula is C9H5BrN2O2S2. The van der Waals surface area contributed by atoms with E-state index in [4.69, 9.17) is 0 Å². The van der Waals surface area contributed by atoms with Crippen LogP contribution in [0.3, 0.4) is 0 Å². The van der Waals surface area contributed by atoms with Gasteiger partial charge in [-0.2, -0.15) is 0 Å². The summed E-state index contributed by atoms with van der Waals surface area (Å²) in [4.78, 5) is 14.5. The van der Waals surface area contributed by atoms with Crippen molar-refractivity contribution in [3.63, 3.8) is 0 Å². The highest BCUT2D eigenvalue weighted by molar-refractivity contribution is 9.10. The van der Waals surface area contributed by atoms with Crippen molar-refractivity contribution in [1.82, 2.24) is 4.98 Å². The van der Waals surface area contributed by atoms with Gasteiger partial charge in [-0.15, -0.1) is 11.3 Å². The Balaban J connectivity index is 2.36. The van der Waals surface area contributed by atoms with Crippen LogP contribution in [0.15, 0.2) is 43.5 Å². The second-order valence-corrected chi connectivity index (χ2v) is 5.92. The quantitative estimate of drug-likeness (QED) is 0.635. The molecule has 0 atom stereocenters. The molecule has 0 N–H and O–H groups in total. The van der Waals surface area contributed by atoms with E-state index in [0.29, 0.717) is 9.50 Å². The van der Waals surface area contributed by atoms with Gasteiger partial charge in [0.05, 0.1) is 9.13 Å². The van der Waals surface area contributed by atoms with Crippen LogP contribution in [0.5, 0.6) is 0 Å². The average molecular weight is 317 g/mol. The van der Waals surface area contributed by atoms with Gasteiger partial charge in [-0.1, -0.05) is 17.8 Å². The van der Waals surface area contributed by atoms with Crippen LogP contribution in [0.25, 0.3) is 0 Å². The van der Waals surface area contributed by atoms with Crippen molar-refractivity contribution >= 4 is 44.7 Å². The summed E-state index contributed by atoms with van der Waals surface area (Å²) in [6.45, 7) is 0. The van der Waals surface area contributed by atoms with Crippen molar-refractivity contribution in [3.05, 3.63) is 44.4 Å². The minimum atomic E-state index is -0.423. The third-order valence-electron chi connectivity index (χ3n) is 1.69. The molecular weight excluding hydrogens is 312 g/mol. The SMILES string of the molecule is O=[N+]([O-])c1cc(Br)cnc1Sc1cccs1. The number of pyridine rings is 1. The van der Waals surface area contributed by atoms with E-state index in [9.17, 15) is 10.1 Å². The summed E-state index contributed by atoms with van der Waals surface area (Å²) in [6, 6.07) is 5.27. The Morgan fingerprint density at radius 1 is 1.56 bits per heavy atom. The third kappa shape index (κ3) is 2.60. The highest BCUT2D eigenvalue weighted by Gasteiger charge is 2.17. The Labute approximate surface area is 108 Å². The molecule has 0 amide bonds. The van der Waals surface area contributed by atoms with E-state index < -0.39 is 4.92 Å².